The SMILES string of the molecule is CN(CCN(C)C[C@H]1O[C@@H](N2CNC3C(N)NCNC32)[C@H](O)[C@@H]1O)Cc1ccccc1. The fourth-order valence-electron chi connectivity index (χ4n) is 4.72. The van der Waals surface area contributed by atoms with Gasteiger partial charge in [0, 0.05) is 32.8 Å². The van der Waals surface area contributed by atoms with Crippen LogP contribution in [0, 0.1) is 0 Å². The van der Waals surface area contributed by atoms with E-state index in [9.17, 15) is 10.2 Å². The van der Waals surface area contributed by atoms with Gasteiger partial charge in [0.15, 0.2) is 0 Å². The second-order valence-corrected chi connectivity index (χ2v) is 8.99. The number of rotatable bonds is 8. The van der Waals surface area contributed by atoms with Gasteiger partial charge in [0.1, 0.15) is 24.5 Å². The van der Waals surface area contributed by atoms with Crippen LogP contribution in [0.1, 0.15) is 5.56 Å². The van der Waals surface area contributed by atoms with Crippen molar-refractivity contribution >= 4 is 0 Å². The summed E-state index contributed by atoms with van der Waals surface area (Å²) in [6, 6.07) is 10.4. The van der Waals surface area contributed by atoms with E-state index in [1.165, 1.54) is 5.56 Å². The van der Waals surface area contributed by atoms with Crippen LogP contribution in [0.3, 0.4) is 0 Å². The molecule has 1 aromatic rings. The number of hydrogen-bond acceptors (Lipinski definition) is 10. The molecule has 3 unspecified atom stereocenters. The van der Waals surface area contributed by atoms with Crippen molar-refractivity contribution in [3.63, 3.8) is 0 Å². The first-order valence-corrected chi connectivity index (χ1v) is 11.1. The van der Waals surface area contributed by atoms with Crippen molar-refractivity contribution in [1.29, 1.82) is 0 Å². The highest BCUT2D eigenvalue weighted by Gasteiger charge is 2.51. The standard InChI is InChI=1S/C21H37N7O3/c1-26(10-14-6-4-3-5-7-14)8-9-27(2)11-15-17(29)18(30)21(31-15)28-13-25-16-19(22)23-12-24-20(16)28/h3-7,15-21,23-25,29-30H,8-13,22H2,1-2H3/t15-,16?,17-,18-,19?,20?,21-/m1/s1. The number of aliphatic hydroxyl groups is 2. The molecule has 7 N–H and O–H groups in total. The Morgan fingerprint density at radius 1 is 1.06 bits per heavy atom. The quantitative estimate of drug-likeness (QED) is 0.261. The van der Waals surface area contributed by atoms with Crippen molar-refractivity contribution in [3.05, 3.63) is 35.9 Å². The number of nitrogens with zero attached hydrogens (tertiary/aromatic N) is 3. The summed E-state index contributed by atoms with van der Waals surface area (Å²) in [6.45, 7) is 4.32. The van der Waals surface area contributed by atoms with Crippen LogP contribution >= 0.6 is 0 Å². The third kappa shape index (κ3) is 5.25. The Morgan fingerprint density at radius 3 is 2.58 bits per heavy atom. The second kappa shape index (κ2) is 10.2. The fraction of sp³-hybridized carbons (Fsp3) is 0.714. The van der Waals surface area contributed by atoms with E-state index in [0.29, 0.717) is 19.9 Å². The number of nitrogens with one attached hydrogen (secondary N) is 3. The Bertz CT molecular complexity index is 699. The molecule has 0 amide bonds. The fourth-order valence-corrected chi connectivity index (χ4v) is 4.72. The summed E-state index contributed by atoms with van der Waals surface area (Å²) in [5.41, 5.74) is 7.43. The molecule has 3 heterocycles. The molecule has 31 heavy (non-hydrogen) atoms. The van der Waals surface area contributed by atoms with Gasteiger partial charge >= 0.3 is 0 Å². The van der Waals surface area contributed by atoms with E-state index in [2.05, 4.69) is 57.1 Å². The molecule has 7 atom stereocenters. The molecule has 3 aliphatic rings. The van der Waals surface area contributed by atoms with Crippen LogP contribution < -0.4 is 21.7 Å². The number of ether oxygens (including phenoxy) is 1. The molecule has 3 saturated heterocycles. The van der Waals surface area contributed by atoms with Crippen LogP contribution in [0.5, 0.6) is 0 Å². The van der Waals surface area contributed by atoms with Gasteiger partial charge in [0.25, 0.3) is 0 Å². The van der Waals surface area contributed by atoms with Gasteiger partial charge in [-0.2, -0.15) is 0 Å². The number of likely N-dealkylation sites (N-methyl/N-ethyl adjacent to an activating group) is 2. The number of aliphatic hydroxyl groups excluding tert-OH is 2. The molecule has 0 radical (unpaired) electrons. The van der Waals surface area contributed by atoms with E-state index in [0.717, 1.165) is 19.6 Å². The summed E-state index contributed by atoms with van der Waals surface area (Å²) in [4.78, 5) is 6.44. The molecule has 0 saturated carbocycles. The molecular weight excluding hydrogens is 398 g/mol. The normalized spacial score (nSPS) is 36.4. The molecular formula is C21H37N7O3. The van der Waals surface area contributed by atoms with Gasteiger partial charge in [0.2, 0.25) is 0 Å². The Kier molecular flexibility index (Phi) is 7.55. The number of fused-ring (bicyclic) bond motifs is 1. The van der Waals surface area contributed by atoms with E-state index in [1.54, 1.807) is 0 Å². The van der Waals surface area contributed by atoms with Crippen LogP contribution in [-0.4, -0.2) is 115 Å². The molecule has 10 heteroatoms. The number of benzene rings is 1. The van der Waals surface area contributed by atoms with E-state index >= 15 is 0 Å². The van der Waals surface area contributed by atoms with Gasteiger partial charge in [-0.25, -0.2) is 4.90 Å². The van der Waals surface area contributed by atoms with Crippen LogP contribution in [-0.2, 0) is 11.3 Å². The first kappa shape index (κ1) is 23.0. The average Bonchev–Trinajstić information content (AvgIpc) is 3.30. The van der Waals surface area contributed by atoms with Gasteiger partial charge in [-0.1, -0.05) is 30.3 Å². The molecule has 0 aromatic heterocycles. The third-order valence-electron chi connectivity index (χ3n) is 6.56. The van der Waals surface area contributed by atoms with Crippen molar-refractivity contribution in [2.75, 3.05) is 47.1 Å². The van der Waals surface area contributed by atoms with Crippen molar-refractivity contribution in [2.45, 2.75) is 49.5 Å². The van der Waals surface area contributed by atoms with Crippen molar-refractivity contribution in [3.8, 4) is 0 Å². The molecule has 0 aliphatic carbocycles. The zero-order chi connectivity index (χ0) is 22.0. The lowest BCUT2D eigenvalue weighted by Crippen LogP contribution is -2.68. The Hall–Kier alpha value is -1.18. The number of nitrogens with two attached hydrogens (primary N) is 1. The van der Waals surface area contributed by atoms with E-state index in [-0.39, 0.29) is 18.4 Å². The molecule has 10 nitrogen and oxygen atoms in total. The van der Waals surface area contributed by atoms with E-state index < -0.39 is 24.5 Å². The predicted molar refractivity (Wildman–Crippen MR) is 117 cm³/mol. The summed E-state index contributed by atoms with van der Waals surface area (Å²) in [6.07, 6.45) is -3.13. The molecule has 4 rings (SSSR count). The summed E-state index contributed by atoms with van der Waals surface area (Å²) in [7, 11) is 4.13. The maximum Gasteiger partial charge on any atom is 0.142 e. The van der Waals surface area contributed by atoms with E-state index in [1.807, 2.05) is 18.0 Å². The Labute approximate surface area is 184 Å². The van der Waals surface area contributed by atoms with Gasteiger partial charge < -0.3 is 30.5 Å². The van der Waals surface area contributed by atoms with Crippen molar-refractivity contribution in [1.82, 2.24) is 30.7 Å². The highest BCUT2D eigenvalue weighted by Crippen LogP contribution is 2.28. The smallest absolute Gasteiger partial charge is 0.142 e. The van der Waals surface area contributed by atoms with Gasteiger partial charge in [-0.15, -0.1) is 0 Å². The second-order valence-electron chi connectivity index (χ2n) is 8.99. The third-order valence-corrected chi connectivity index (χ3v) is 6.56. The first-order chi connectivity index (χ1) is 14.9. The van der Waals surface area contributed by atoms with Gasteiger partial charge in [0.05, 0.1) is 25.0 Å². The highest BCUT2D eigenvalue weighted by atomic mass is 16.6. The molecule has 3 fully saturated rings. The lowest BCUT2D eigenvalue weighted by molar-refractivity contribution is -0.106. The highest BCUT2D eigenvalue weighted by molar-refractivity contribution is 5.14. The minimum absolute atomic E-state index is 0.0172. The number of hydrogen-bond donors (Lipinski definition) is 6. The van der Waals surface area contributed by atoms with Gasteiger partial charge in [-0.05, 0) is 19.7 Å². The van der Waals surface area contributed by atoms with Crippen LogP contribution in [0.25, 0.3) is 0 Å². The van der Waals surface area contributed by atoms with Crippen molar-refractivity contribution in [2.24, 2.45) is 5.73 Å². The lowest BCUT2D eigenvalue weighted by atomic mass is 10.1. The zero-order valence-electron chi connectivity index (χ0n) is 18.4. The summed E-state index contributed by atoms with van der Waals surface area (Å²) < 4.78 is 6.16. The average molecular weight is 436 g/mol. The minimum atomic E-state index is -0.965. The summed E-state index contributed by atoms with van der Waals surface area (Å²) in [5, 5.41) is 31.2. The maximum atomic E-state index is 10.7. The minimum Gasteiger partial charge on any atom is -0.387 e. The molecule has 0 bridgehead atoms. The first-order valence-electron chi connectivity index (χ1n) is 11.1. The predicted octanol–water partition coefficient (Wildman–Crippen LogP) is -2.51. The monoisotopic (exact) mass is 435 g/mol. The molecule has 0 spiro atoms. The lowest BCUT2D eigenvalue weighted by Gasteiger charge is -2.38. The van der Waals surface area contributed by atoms with E-state index in [4.69, 9.17) is 10.5 Å². The Balaban J connectivity index is 1.26. The van der Waals surface area contributed by atoms with Gasteiger partial charge in [-0.3, -0.25) is 16.0 Å². The largest absolute Gasteiger partial charge is 0.387 e. The molecule has 1 aromatic carbocycles. The van der Waals surface area contributed by atoms with Crippen LogP contribution in [0.4, 0.5) is 0 Å². The molecule has 3 aliphatic heterocycles. The van der Waals surface area contributed by atoms with Crippen molar-refractivity contribution < 1.29 is 14.9 Å². The molecule has 174 valence electrons. The summed E-state index contributed by atoms with van der Waals surface area (Å²) >= 11 is 0. The maximum absolute atomic E-state index is 10.7. The topological polar surface area (TPSA) is 122 Å². The zero-order valence-corrected chi connectivity index (χ0v) is 18.4. The van der Waals surface area contributed by atoms with Crippen LogP contribution in [0.15, 0.2) is 30.3 Å². The Morgan fingerprint density at radius 2 is 1.81 bits per heavy atom. The van der Waals surface area contributed by atoms with Crippen LogP contribution in [0.2, 0.25) is 0 Å². The summed E-state index contributed by atoms with van der Waals surface area (Å²) in [5.74, 6) is 0.